The van der Waals surface area contributed by atoms with Gasteiger partial charge in [0, 0.05) is 19.2 Å². The molecule has 8 nitrogen and oxygen atoms in total. The van der Waals surface area contributed by atoms with Gasteiger partial charge in [0.2, 0.25) is 15.2 Å². The minimum absolute atomic E-state index is 0.0939. The fraction of sp³-hybridized carbons (Fsp3) is 0.222. The van der Waals surface area contributed by atoms with Crippen molar-refractivity contribution in [2.45, 2.75) is 24.7 Å². The third-order valence-corrected chi connectivity index (χ3v) is 8.65. The number of amides is 1. The number of benzene rings is 3. The predicted octanol–water partition coefficient (Wildman–Crippen LogP) is 5.55. The molecule has 1 amide bonds. The summed E-state index contributed by atoms with van der Waals surface area (Å²) in [7, 11) is -0.571. The number of nitrogens with zero attached hydrogens (tertiary/aromatic N) is 4. The van der Waals surface area contributed by atoms with Gasteiger partial charge in [-0.2, -0.15) is 10.1 Å². The number of fused-ring (bicyclic) bond motifs is 1. The summed E-state index contributed by atoms with van der Waals surface area (Å²) in [6, 6.07) is 17.0. The Bertz CT molecular complexity index is 1550. The first-order valence-corrected chi connectivity index (χ1v) is 14.1. The molecule has 0 atom stereocenters. The lowest BCUT2D eigenvalue weighted by Gasteiger charge is -2.17. The predicted molar refractivity (Wildman–Crippen MR) is 148 cm³/mol. The molecule has 4 rings (SSSR count). The second-order valence-corrected chi connectivity index (χ2v) is 11.5. The maximum atomic E-state index is 13.8. The summed E-state index contributed by atoms with van der Waals surface area (Å²) in [6.45, 7) is 2.40. The number of methoxy groups -OCH3 is 1. The monoisotopic (exact) mass is 554 g/mol. The Morgan fingerprint density at radius 1 is 1.11 bits per heavy atom. The molecule has 0 N–H and O–H groups in total. The number of hydrogen-bond acceptors (Lipinski definition) is 7. The van der Waals surface area contributed by atoms with Crippen LogP contribution in [0.15, 0.2) is 76.7 Å². The summed E-state index contributed by atoms with van der Waals surface area (Å²) in [6.07, 6.45) is 3.13. The van der Waals surface area contributed by atoms with Crippen LogP contribution in [0.5, 0.6) is 5.75 Å². The molecule has 198 valence electrons. The minimum Gasteiger partial charge on any atom is -0.497 e. The zero-order valence-electron chi connectivity index (χ0n) is 21.2. The van der Waals surface area contributed by atoms with E-state index < -0.39 is 21.7 Å². The molecule has 0 saturated carbocycles. The third-order valence-electron chi connectivity index (χ3n) is 5.79. The van der Waals surface area contributed by atoms with Crippen molar-refractivity contribution < 1.29 is 22.3 Å². The van der Waals surface area contributed by atoms with E-state index in [2.05, 4.69) is 10.1 Å². The molecule has 0 saturated heterocycles. The lowest BCUT2D eigenvalue weighted by Crippen LogP contribution is -2.28. The molecule has 3 aromatic carbocycles. The Morgan fingerprint density at radius 3 is 2.47 bits per heavy atom. The van der Waals surface area contributed by atoms with Gasteiger partial charge in [0.15, 0.2) is 0 Å². The average molecular weight is 555 g/mol. The average Bonchev–Trinajstić information content (AvgIpc) is 3.34. The number of rotatable bonds is 10. The number of ether oxygens (including phenoxy) is 1. The van der Waals surface area contributed by atoms with Crippen LogP contribution in [0, 0.1) is 5.82 Å². The number of halogens is 1. The number of unbranched alkanes of at least 4 members (excludes halogenated alkanes) is 1. The summed E-state index contributed by atoms with van der Waals surface area (Å²) >= 11 is 1.12. The highest BCUT2D eigenvalue weighted by molar-refractivity contribution is 7.89. The van der Waals surface area contributed by atoms with Gasteiger partial charge in [-0.05, 0) is 78.7 Å². The van der Waals surface area contributed by atoms with E-state index in [1.807, 2.05) is 6.92 Å². The molecule has 0 unspecified atom stereocenters. The lowest BCUT2D eigenvalue weighted by atomic mass is 10.2. The number of anilines is 1. The van der Waals surface area contributed by atoms with Crippen LogP contribution in [0.1, 0.15) is 35.7 Å². The van der Waals surface area contributed by atoms with Crippen molar-refractivity contribution in [2.24, 2.45) is 5.10 Å². The van der Waals surface area contributed by atoms with Crippen molar-refractivity contribution in [3.8, 4) is 5.75 Å². The molecular weight excluding hydrogens is 527 g/mol. The number of hydrazone groups is 1. The first-order chi connectivity index (χ1) is 18.2. The Morgan fingerprint density at radius 2 is 1.82 bits per heavy atom. The van der Waals surface area contributed by atoms with Gasteiger partial charge in [0.1, 0.15) is 11.6 Å². The summed E-state index contributed by atoms with van der Waals surface area (Å²) in [4.78, 5) is 18.1. The van der Waals surface area contributed by atoms with Crippen molar-refractivity contribution in [3.63, 3.8) is 0 Å². The van der Waals surface area contributed by atoms with Gasteiger partial charge in [-0.1, -0.05) is 24.7 Å². The number of carbonyl (C=O) groups excluding carboxylic acids is 1. The topological polar surface area (TPSA) is 92.2 Å². The largest absolute Gasteiger partial charge is 0.497 e. The van der Waals surface area contributed by atoms with Crippen molar-refractivity contribution in [3.05, 3.63) is 83.7 Å². The standard InChI is InChI=1S/C27H27FN4O4S2/c1-4-5-16-31(2)38(34,35)23-13-8-20(9-14-23)26(33)32(29-18-19-6-11-22(36-3)12-7-19)27-30-24-15-10-21(28)17-25(24)37-27/h6-15,17-18H,4-5,16H2,1-3H3/b29-18+. The molecule has 1 heterocycles. The van der Waals surface area contributed by atoms with Crippen LogP contribution >= 0.6 is 11.3 Å². The number of carbonyl (C=O) groups is 1. The van der Waals surface area contributed by atoms with Crippen molar-refractivity contribution >= 4 is 48.8 Å². The first-order valence-electron chi connectivity index (χ1n) is 11.9. The Balaban J connectivity index is 1.67. The van der Waals surface area contributed by atoms with Crippen LogP contribution in [0.4, 0.5) is 9.52 Å². The smallest absolute Gasteiger partial charge is 0.280 e. The summed E-state index contributed by atoms with van der Waals surface area (Å²) < 4.78 is 46.5. The zero-order chi connectivity index (χ0) is 27.3. The molecule has 11 heteroatoms. The van der Waals surface area contributed by atoms with E-state index in [1.54, 1.807) is 31.4 Å². The molecule has 4 aromatic rings. The van der Waals surface area contributed by atoms with Gasteiger partial charge >= 0.3 is 0 Å². The molecule has 1 aromatic heterocycles. The van der Waals surface area contributed by atoms with E-state index in [1.165, 1.54) is 60.0 Å². The summed E-state index contributed by atoms with van der Waals surface area (Å²) in [5, 5.41) is 5.77. The summed E-state index contributed by atoms with van der Waals surface area (Å²) in [5.41, 5.74) is 1.46. The van der Waals surface area contributed by atoms with Crippen molar-refractivity contribution in [1.82, 2.24) is 9.29 Å². The van der Waals surface area contributed by atoms with E-state index in [0.29, 0.717) is 28.1 Å². The van der Waals surface area contributed by atoms with Crippen LogP contribution in [0.3, 0.4) is 0 Å². The molecule has 0 radical (unpaired) electrons. The van der Waals surface area contributed by atoms with E-state index in [4.69, 9.17) is 4.74 Å². The van der Waals surface area contributed by atoms with Gasteiger partial charge in [0.25, 0.3) is 5.91 Å². The van der Waals surface area contributed by atoms with Gasteiger partial charge in [-0.25, -0.2) is 22.1 Å². The van der Waals surface area contributed by atoms with Gasteiger partial charge in [-0.15, -0.1) is 0 Å². The van der Waals surface area contributed by atoms with Crippen LogP contribution in [0.25, 0.3) is 10.2 Å². The lowest BCUT2D eigenvalue weighted by molar-refractivity contribution is 0.0987. The fourth-order valence-electron chi connectivity index (χ4n) is 3.55. The van der Waals surface area contributed by atoms with Crippen molar-refractivity contribution in [1.29, 1.82) is 0 Å². The maximum Gasteiger partial charge on any atom is 0.280 e. The third kappa shape index (κ3) is 6.07. The Hall–Kier alpha value is -3.67. The molecule has 0 aliphatic carbocycles. The van der Waals surface area contributed by atoms with Crippen molar-refractivity contribution in [2.75, 3.05) is 25.7 Å². The molecule has 38 heavy (non-hydrogen) atoms. The normalized spacial score (nSPS) is 11.9. The van der Waals surface area contributed by atoms with E-state index in [-0.39, 0.29) is 15.6 Å². The van der Waals surface area contributed by atoms with Gasteiger partial charge in [0.05, 0.1) is 28.4 Å². The molecule has 0 spiro atoms. The number of sulfonamides is 1. The second-order valence-electron chi connectivity index (χ2n) is 8.45. The number of hydrogen-bond donors (Lipinski definition) is 0. The highest BCUT2D eigenvalue weighted by atomic mass is 32.2. The molecule has 0 bridgehead atoms. The highest BCUT2D eigenvalue weighted by Crippen LogP contribution is 2.31. The maximum absolute atomic E-state index is 13.8. The second kappa shape index (κ2) is 11.8. The molecule has 0 aliphatic rings. The van der Waals surface area contributed by atoms with Crippen LogP contribution in [-0.4, -0.2) is 50.5 Å². The zero-order valence-corrected chi connectivity index (χ0v) is 22.8. The number of aromatic nitrogens is 1. The Kier molecular flexibility index (Phi) is 8.50. The first kappa shape index (κ1) is 27.4. The fourth-order valence-corrected chi connectivity index (χ4v) is 5.71. The van der Waals surface area contributed by atoms with Gasteiger partial charge < -0.3 is 4.74 Å². The van der Waals surface area contributed by atoms with E-state index in [9.17, 15) is 17.6 Å². The van der Waals surface area contributed by atoms with Crippen LogP contribution in [-0.2, 0) is 10.0 Å². The van der Waals surface area contributed by atoms with Gasteiger partial charge in [-0.3, -0.25) is 4.79 Å². The summed E-state index contributed by atoms with van der Waals surface area (Å²) in [5.74, 6) is -0.246. The SMILES string of the molecule is CCCCN(C)S(=O)(=O)c1ccc(C(=O)N(/N=C/c2ccc(OC)cc2)c2nc3ccc(F)cc3s2)cc1. The Labute approximate surface area is 225 Å². The van der Waals surface area contributed by atoms with Crippen LogP contribution in [0.2, 0.25) is 0 Å². The van der Waals surface area contributed by atoms with Crippen LogP contribution < -0.4 is 9.75 Å². The quantitative estimate of drug-likeness (QED) is 0.189. The van der Waals surface area contributed by atoms with E-state index >= 15 is 0 Å². The highest BCUT2D eigenvalue weighted by Gasteiger charge is 2.24. The molecule has 0 fully saturated rings. The molecule has 0 aliphatic heterocycles. The van der Waals surface area contributed by atoms with E-state index in [0.717, 1.165) is 29.2 Å². The number of thiazole rings is 1. The minimum atomic E-state index is -3.68. The molecular formula is C27H27FN4O4S2.